The molecule has 0 N–H and O–H groups in total. The maximum atomic E-state index is 5.56. The van der Waals surface area contributed by atoms with E-state index in [2.05, 4.69) is 191 Å². The number of hydrogen-bond donors (Lipinski definition) is 0. The molecule has 0 bridgehead atoms. The van der Waals surface area contributed by atoms with Crippen molar-refractivity contribution in [3.05, 3.63) is 182 Å². The molecule has 13 aromatic rings. The van der Waals surface area contributed by atoms with E-state index < -0.39 is 0 Å². The molecule has 4 aromatic heterocycles. The van der Waals surface area contributed by atoms with Gasteiger partial charge in [0, 0.05) is 58.4 Å². The Morgan fingerprint density at radius 3 is 1.81 bits per heavy atom. The van der Waals surface area contributed by atoms with Crippen molar-refractivity contribution < 1.29 is 0 Å². The first-order valence-corrected chi connectivity index (χ1v) is 20.1. The Morgan fingerprint density at radius 2 is 0.982 bits per heavy atom. The van der Waals surface area contributed by atoms with Gasteiger partial charge in [-0.3, -0.25) is 4.57 Å². The van der Waals surface area contributed by atoms with Crippen LogP contribution in [0.5, 0.6) is 0 Å². The van der Waals surface area contributed by atoms with E-state index >= 15 is 0 Å². The fourth-order valence-corrected chi connectivity index (χ4v) is 10.4. The molecular weight excluding hydrogens is 713 g/mol. The van der Waals surface area contributed by atoms with Gasteiger partial charge < -0.3 is 4.57 Å². The fourth-order valence-electron chi connectivity index (χ4n) is 9.31. The zero-order valence-electron chi connectivity index (χ0n) is 30.5. The quantitative estimate of drug-likeness (QED) is 0.169. The summed E-state index contributed by atoms with van der Waals surface area (Å²) in [5, 5.41) is 13.2. The maximum Gasteiger partial charge on any atom is 0.235 e. The molecule has 4 heterocycles. The summed E-state index contributed by atoms with van der Waals surface area (Å²) in [6.07, 6.45) is 0. The van der Waals surface area contributed by atoms with Gasteiger partial charge in [0.15, 0.2) is 0 Å². The number of aromatic nitrogens is 4. The monoisotopic (exact) mass is 742 g/mol. The van der Waals surface area contributed by atoms with Crippen molar-refractivity contribution in [1.29, 1.82) is 0 Å². The lowest BCUT2D eigenvalue weighted by Gasteiger charge is -2.14. The molecule has 0 radical (unpaired) electrons. The maximum absolute atomic E-state index is 5.56. The Hall–Kier alpha value is -7.34. The van der Waals surface area contributed by atoms with Gasteiger partial charge in [0.05, 0.1) is 33.3 Å². The summed E-state index contributed by atoms with van der Waals surface area (Å²) in [5.74, 6) is 0.666. The predicted octanol–water partition coefficient (Wildman–Crippen LogP) is 14.2. The Labute approximate surface area is 330 Å². The summed E-state index contributed by atoms with van der Waals surface area (Å²) in [6, 6.07) is 65.9. The van der Waals surface area contributed by atoms with Crippen LogP contribution in [0.4, 0.5) is 0 Å². The fraction of sp³-hybridized carbons (Fsp3) is 0. The molecule has 9 aromatic carbocycles. The Bertz CT molecular complexity index is 3810. The SMILES string of the molecule is c1ccc(-n2c3ccccc3c3cc4c(cc32)sc2cc3c5ccccc5n(-c5nc(-c6ccc7ccccc7c6)c6c(ccc7ccccc76)n5)c3cc24)cc1. The van der Waals surface area contributed by atoms with Gasteiger partial charge in [0.25, 0.3) is 0 Å². The smallest absolute Gasteiger partial charge is 0.235 e. The molecule has 264 valence electrons. The molecule has 0 atom stereocenters. The molecule has 0 spiro atoms. The highest BCUT2D eigenvalue weighted by Gasteiger charge is 2.21. The van der Waals surface area contributed by atoms with E-state index in [-0.39, 0.29) is 0 Å². The van der Waals surface area contributed by atoms with Gasteiger partial charge in [0.1, 0.15) is 0 Å². The molecule has 0 aliphatic rings. The summed E-state index contributed by atoms with van der Waals surface area (Å²) in [4.78, 5) is 11.0. The third-order valence-corrected chi connectivity index (χ3v) is 13.0. The molecule has 4 nitrogen and oxygen atoms in total. The number of fused-ring (bicyclic) bond motifs is 13. The van der Waals surface area contributed by atoms with E-state index in [1.165, 1.54) is 74.6 Å². The lowest BCUT2D eigenvalue weighted by molar-refractivity contribution is 1.02. The molecule has 0 fully saturated rings. The molecule has 13 rings (SSSR count). The van der Waals surface area contributed by atoms with Crippen molar-refractivity contribution in [2.75, 3.05) is 0 Å². The zero-order valence-corrected chi connectivity index (χ0v) is 31.3. The second kappa shape index (κ2) is 11.6. The molecule has 0 saturated carbocycles. The van der Waals surface area contributed by atoms with E-state index in [4.69, 9.17) is 9.97 Å². The van der Waals surface area contributed by atoms with E-state index in [0.29, 0.717) is 5.95 Å². The standard InChI is InChI=1S/C52H30N4S/c1-2-15-35(16-3-1)55-44-20-10-8-18-37(44)39-27-41-42-28-46-40(29-48(42)57-49(41)30-47(39)55)38-19-9-11-21-45(38)56(46)52-53-43-25-24-32-13-6-7-17-36(32)50(43)51(54-52)34-23-22-31-12-4-5-14-33(31)26-34/h1-30H. The minimum atomic E-state index is 0.666. The van der Waals surface area contributed by atoms with Gasteiger partial charge in [-0.2, -0.15) is 0 Å². The molecule has 0 saturated heterocycles. The number of para-hydroxylation sites is 3. The van der Waals surface area contributed by atoms with Crippen molar-refractivity contribution in [3.8, 4) is 22.9 Å². The van der Waals surface area contributed by atoms with Gasteiger partial charge in [0.2, 0.25) is 5.95 Å². The summed E-state index contributed by atoms with van der Waals surface area (Å²) < 4.78 is 7.23. The molecular formula is C52H30N4S. The van der Waals surface area contributed by atoms with Crippen LogP contribution < -0.4 is 0 Å². The third kappa shape index (κ3) is 4.43. The van der Waals surface area contributed by atoms with Crippen molar-refractivity contribution >= 4 is 108 Å². The molecule has 0 aliphatic carbocycles. The van der Waals surface area contributed by atoms with Gasteiger partial charge in [-0.05, 0) is 82.2 Å². The first kappa shape index (κ1) is 30.9. The highest BCUT2D eigenvalue weighted by atomic mass is 32.1. The van der Waals surface area contributed by atoms with E-state index in [9.17, 15) is 0 Å². The second-order valence-corrected chi connectivity index (χ2v) is 16.1. The van der Waals surface area contributed by atoms with Gasteiger partial charge >= 0.3 is 0 Å². The number of rotatable bonds is 3. The number of nitrogens with zero attached hydrogens (tertiary/aromatic N) is 4. The largest absolute Gasteiger partial charge is 0.309 e. The van der Waals surface area contributed by atoms with E-state index in [1.54, 1.807) is 0 Å². The Balaban J connectivity index is 1.11. The van der Waals surface area contributed by atoms with Crippen LogP contribution in [0.15, 0.2) is 182 Å². The summed E-state index contributed by atoms with van der Waals surface area (Å²) in [7, 11) is 0. The van der Waals surface area contributed by atoms with Crippen molar-refractivity contribution in [2.45, 2.75) is 0 Å². The van der Waals surface area contributed by atoms with Crippen LogP contribution in [0.3, 0.4) is 0 Å². The van der Waals surface area contributed by atoms with E-state index in [0.717, 1.165) is 38.6 Å². The first-order chi connectivity index (χ1) is 28.2. The van der Waals surface area contributed by atoms with Crippen LogP contribution in [-0.4, -0.2) is 19.1 Å². The third-order valence-electron chi connectivity index (χ3n) is 11.9. The minimum Gasteiger partial charge on any atom is -0.309 e. The zero-order chi connectivity index (χ0) is 37.2. The number of benzene rings is 9. The average molecular weight is 743 g/mol. The highest BCUT2D eigenvalue weighted by Crippen LogP contribution is 2.44. The van der Waals surface area contributed by atoms with Gasteiger partial charge in [-0.25, -0.2) is 9.97 Å². The molecule has 57 heavy (non-hydrogen) atoms. The van der Waals surface area contributed by atoms with Crippen molar-refractivity contribution in [1.82, 2.24) is 19.1 Å². The predicted molar refractivity (Wildman–Crippen MR) is 242 cm³/mol. The van der Waals surface area contributed by atoms with Crippen molar-refractivity contribution in [3.63, 3.8) is 0 Å². The Morgan fingerprint density at radius 1 is 0.368 bits per heavy atom. The minimum absolute atomic E-state index is 0.666. The van der Waals surface area contributed by atoms with Crippen LogP contribution in [0, 0.1) is 0 Å². The topological polar surface area (TPSA) is 35.6 Å². The van der Waals surface area contributed by atoms with Crippen molar-refractivity contribution in [2.24, 2.45) is 0 Å². The van der Waals surface area contributed by atoms with Crippen LogP contribution in [0.2, 0.25) is 0 Å². The molecule has 0 aliphatic heterocycles. The van der Waals surface area contributed by atoms with E-state index in [1.807, 2.05) is 11.3 Å². The van der Waals surface area contributed by atoms with Crippen LogP contribution in [0.1, 0.15) is 0 Å². The lowest BCUT2D eigenvalue weighted by Crippen LogP contribution is -2.03. The normalized spacial score (nSPS) is 12.2. The van der Waals surface area contributed by atoms with Crippen LogP contribution in [-0.2, 0) is 0 Å². The molecule has 0 unspecified atom stereocenters. The van der Waals surface area contributed by atoms with Crippen LogP contribution >= 0.6 is 11.3 Å². The summed E-state index contributed by atoms with van der Waals surface area (Å²) >= 11 is 1.87. The Kier molecular flexibility index (Phi) is 6.29. The average Bonchev–Trinajstić information content (AvgIpc) is 3.90. The lowest BCUT2D eigenvalue weighted by atomic mass is 9.98. The molecule has 0 amide bonds. The number of hydrogen-bond acceptors (Lipinski definition) is 3. The van der Waals surface area contributed by atoms with Gasteiger partial charge in [-0.15, -0.1) is 11.3 Å². The summed E-state index contributed by atoms with van der Waals surface area (Å²) in [6.45, 7) is 0. The number of thiophene rings is 1. The highest BCUT2D eigenvalue weighted by molar-refractivity contribution is 7.26. The first-order valence-electron chi connectivity index (χ1n) is 19.3. The summed E-state index contributed by atoms with van der Waals surface area (Å²) in [5.41, 5.74) is 8.72. The second-order valence-electron chi connectivity index (χ2n) is 15.0. The van der Waals surface area contributed by atoms with Crippen LogP contribution in [0.25, 0.3) is 119 Å². The molecule has 5 heteroatoms. The van der Waals surface area contributed by atoms with Gasteiger partial charge in [-0.1, -0.05) is 121 Å².